The maximum absolute atomic E-state index is 15.2. The number of aromatic nitrogens is 4. The van der Waals surface area contributed by atoms with Crippen LogP contribution in [0.25, 0.3) is 22.2 Å². The van der Waals surface area contributed by atoms with Crippen molar-refractivity contribution in [2.75, 3.05) is 0 Å². The number of hydrogen-bond acceptors (Lipinski definition) is 6. The fourth-order valence-corrected chi connectivity index (χ4v) is 5.32. The summed E-state index contributed by atoms with van der Waals surface area (Å²) < 4.78 is 89.5. The summed E-state index contributed by atoms with van der Waals surface area (Å²) in [5.41, 5.74) is -2.70. The number of rotatable bonds is 4. The monoisotopic (exact) mass is 563 g/mol. The van der Waals surface area contributed by atoms with Crippen molar-refractivity contribution >= 4 is 16.9 Å². The highest BCUT2D eigenvalue weighted by molar-refractivity contribution is 5.98. The van der Waals surface area contributed by atoms with E-state index in [2.05, 4.69) is 25.0 Å². The molecule has 2 aliphatic rings. The highest BCUT2D eigenvalue weighted by atomic mass is 19.4. The highest BCUT2D eigenvalue weighted by Gasteiger charge is 2.46. The second-order valence-corrected chi connectivity index (χ2v) is 10.1. The molecule has 0 saturated heterocycles. The number of carbonyl (C=O) groups excluding carboxylic acids is 1. The number of benzene rings is 2. The van der Waals surface area contributed by atoms with Crippen LogP contribution in [0.4, 0.5) is 26.3 Å². The Balaban J connectivity index is 1.57. The van der Waals surface area contributed by atoms with Crippen molar-refractivity contribution in [1.82, 2.24) is 24.8 Å². The van der Waals surface area contributed by atoms with Crippen LogP contribution >= 0.6 is 0 Å². The molecule has 0 saturated carbocycles. The number of aliphatic hydroxyl groups is 1. The second-order valence-electron chi connectivity index (χ2n) is 10.1. The van der Waals surface area contributed by atoms with Crippen LogP contribution in [0.5, 0.6) is 5.75 Å². The van der Waals surface area contributed by atoms with E-state index in [0.717, 1.165) is 12.1 Å². The summed E-state index contributed by atoms with van der Waals surface area (Å²) in [6.45, 7) is -0.627. The molecule has 2 N–H and O–H groups in total. The molecule has 0 unspecified atom stereocenters. The van der Waals surface area contributed by atoms with Crippen LogP contribution in [0.15, 0.2) is 36.7 Å². The van der Waals surface area contributed by atoms with Gasteiger partial charge < -0.3 is 19.7 Å². The quantitative estimate of drug-likeness (QED) is 0.329. The Hall–Kier alpha value is -4.20. The van der Waals surface area contributed by atoms with Gasteiger partial charge in [0, 0.05) is 40.7 Å². The zero-order valence-corrected chi connectivity index (χ0v) is 20.7. The minimum absolute atomic E-state index is 0.00796. The van der Waals surface area contributed by atoms with Gasteiger partial charge in [0.05, 0.1) is 28.7 Å². The van der Waals surface area contributed by atoms with Crippen molar-refractivity contribution in [1.29, 1.82) is 0 Å². The van der Waals surface area contributed by atoms with Gasteiger partial charge in [0.2, 0.25) is 0 Å². The first kappa shape index (κ1) is 26.0. The summed E-state index contributed by atoms with van der Waals surface area (Å²) in [5.74, 6) is -2.28. The average Bonchev–Trinajstić information content (AvgIpc) is 3.33. The van der Waals surface area contributed by atoms with Gasteiger partial charge in [-0.3, -0.25) is 4.79 Å². The molecule has 4 heterocycles. The van der Waals surface area contributed by atoms with E-state index in [0.29, 0.717) is 6.07 Å². The van der Waals surface area contributed by atoms with Gasteiger partial charge in [-0.2, -0.15) is 22.0 Å². The number of amides is 1. The normalized spacial score (nSPS) is 18.5. The highest BCUT2D eigenvalue weighted by Crippen LogP contribution is 2.51. The van der Waals surface area contributed by atoms with Crippen LogP contribution < -0.4 is 10.1 Å². The largest absolute Gasteiger partial charge is 0.434 e. The predicted octanol–water partition coefficient (Wildman–Crippen LogP) is 5.26. The summed E-state index contributed by atoms with van der Waals surface area (Å²) in [7, 11) is 0. The molecule has 1 amide bonds. The molecule has 40 heavy (non-hydrogen) atoms. The maximum atomic E-state index is 15.2. The zero-order valence-electron chi connectivity index (χ0n) is 20.7. The standard InChI is InChI=1S/C26H19F6N5O3/c1-25(2,39)23-33-8-10(9-34-23)12-5-17-15(6-14(12)27)35-21-16-7-18(37(17)21)19-11(22(38)36-16)3-4-13(26(30,31)32)20(19)40-24(28)29/h3-6,8-9,16,18,24,39H,7H2,1-2H3,(H,36,38)/t16-,18-/m1/s1. The number of alkyl halides is 5. The lowest BCUT2D eigenvalue weighted by molar-refractivity contribution is -0.142. The van der Waals surface area contributed by atoms with Crippen LogP contribution in [0.3, 0.4) is 0 Å². The minimum atomic E-state index is -5.05. The molecule has 2 aromatic heterocycles. The molecule has 2 atom stereocenters. The van der Waals surface area contributed by atoms with E-state index in [4.69, 9.17) is 0 Å². The van der Waals surface area contributed by atoms with Gasteiger partial charge in [0.25, 0.3) is 5.91 Å². The van der Waals surface area contributed by atoms with Crippen molar-refractivity contribution in [2.45, 2.75) is 50.7 Å². The van der Waals surface area contributed by atoms with Crippen LogP contribution in [0, 0.1) is 5.82 Å². The summed E-state index contributed by atoms with van der Waals surface area (Å²) in [5, 5.41) is 12.8. The molecule has 14 heteroatoms. The number of imidazole rings is 1. The van der Waals surface area contributed by atoms with Gasteiger partial charge in [-0.15, -0.1) is 0 Å². The molecule has 0 spiro atoms. The zero-order chi connectivity index (χ0) is 28.7. The smallest absolute Gasteiger partial charge is 0.419 e. The van der Waals surface area contributed by atoms with E-state index in [1.807, 2.05) is 0 Å². The lowest BCUT2D eigenvalue weighted by atomic mass is 9.94. The lowest BCUT2D eigenvalue weighted by Crippen LogP contribution is -2.28. The fraction of sp³-hybridized carbons (Fsp3) is 0.308. The lowest BCUT2D eigenvalue weighted by Gasteiger charge is -2.24. The summed E-state index contributed by atoms with van der Waals surface area (Å²) >= 11 is 0. The molecule has 0 aliphatic carbocycles. The van der Waals surface area contributed by atoms with Gasteiger partial charge in [0.15, 0.2) is 5.82 Å². The van der Waals surface area contributed by atoms with Crippen molar-refractivity contribution in [3.05, 3.63) is 70.8 Å². The molecule has 6 rings (SSSR count). The van der Waals surface area contributed by atoms with Gasteiger partial charge >= 0.3 is 12.8 Å². The molecular formula is C26H19F6N5O3. The molecule has 4 aromatic rings. The first-order valence-corrected chi connectivity index (χ1v) is 12.0. The van der Waals surface area contributed by atoms with Crippen molar-refractivity contribution < 1.29 is 41.0 Å². The summed E-state index contributed by atoms with van der Waals surface area (Å²) in [6, 6.07) is 2.14. The Morgan fingerprint density at radius 2 is 1.82 bits per heavy atom. The van der Waals surface area contributed by atoms with Crippen LogP contribution in [0.2, 0.25) is 0 Å². The minimum Gasteiger partial charge on any atom is -0.434 e. The van der Waals surface area contributed by atoms with Gasteiger partial charge in [-0.25, -0.2) is 19.3 Å². The van der Waals surface area contributed by atoms with Crippen molar-refractivity contribution in [2.24, 2.45) is 0 Å². The van der Waals surface area contributed by atoms with Crippen LogP contribution in [0.1, 0.15) is 65.5 Å². The topological polar surface area (TPSA) is 102 Å². The summed E-state index contributed by atoms with van der Waals surface area (Å²) in [4.78, 5) is 25.6. The predicted molar refractivity (Wildman–Crippen MR) is 127 cm³/mol. The number of carbonyl (C=O) groups is 1. The number of nitrogens with one attached hydrogen (secondary N) is 1. The van der Waals surface area contributed by atoms with Gasteiger partial charge in [0.1, 0.15) is 23.0 Å². The van der Waals surface area contributed by atoms with E-state index in [1.54, 1.807) is 0 Å². The van der Waals surface area contributed by atoms with E-state index in [1.165, 1.54) is 36.9 Å². The third kappa shape index (κ3) is 4.05. The van der Waals surface area contributed by atoms with Crippen LogP contribution in [-0.4, -0.2) is 37.1 Å². The number of nitrogens with zero attached hydrogens (tertiary/aromatic N) is 4. The first-order valence-electron chi connectivity index (χ1n) is 12.0. The maximum Gasteiger partial charge on any atom is 0.419 e. The molecule has 2 bridgehead atoms. The summed E-state index contributed by atoms with van der Waals surface area (Å²) in [6.07, 6.45) is -2.41. The van der Waals surface area contributed by atoms with Crippen LogP contribution in [-0.2, 0) is 11.8 Å². The van der Waals surface area contributed by atoms with Gasteiger partial charge in [-0.1, -0.05) is 0 Å². The third-order valence-electron chi connectivity index (χ3n) is 6.99. The van der Waals surface area contributed by atoms with E-state index >= 15 is 4.39 Å². The second kappa shape index (κ2) is 8.65. The Labute approximate surface area is 221 Å². The van der Waals surface area contributed by atoms with Crippen molar-refractivity contribution in [3.8, 4) is 16.9 Å². The molecule has 0 fully saturated rings. The van der Waals surface area contributed by atoms with E-state index in [9.17, 15) is 31.9 Å². The van der Waals surface area contributed by atoms with E-state index < -0.39 is 53.5 Å². The Bertz CT molecular complexity index is 1680. The Morgan fingerprint density at radius 3 is 2.45 bits per heavy atom. The van der Waals surface area contributed by atoms with Gasteiger partial charge in [-0.05, 0) is 38.5 Å². The molecule has 8 nitrogen and oxygen atoms in total. The molecule has 2 aliphatic heterocycles. The number of fused-ring (bicyclic) bond motifs is 9. The van der Waals surface area contributed by atoms with Crippen molar-refractivity contribution in [3.63, 3.8) is 0 Å². The third-order valence-corrected chi connectivity index (χ3v) is 6.99. The fourth-order valence-electron chi connectivity index (χ4n) is 5.32. The number of halogens is 6. The SMILES string of the molecule is CC(C)(O)c1ncc(-c2cc3c(cc2F)nc2n3[C@@H]3C[C@H]2NC(=O)c2ccc(C(F)(F)F)c(OC(F)F)c23)cn1. The molecule has 2 aromatic carbocycles. The Kier molecular flexibility index (Phi) is 5.63. The molecular weight excluding hydrogens is 544 g/mol. The van der Waals surface area contributed by atoms with E-state index in [-0.39, 0.29) is 51.4 Å². The molecule has 208 valence electrons. The number of ether oxygens (including phenoxy) is 1. The molecule has 0 radical (unpaired) electrons. The number of hydrogen-bond donors (Lipinski definition) is 2. The Morgan fingerprint density at radius 1 is 1.12 bits per heavy atom. The average molecular weight is 563 g/mol. The first-order chi connectivity index (χ1) is 18.7.